The van der Waals surface area contributed by atoms with E-state index in [0.29, 0.717) is 6.61 Å². The van der Waals surface area contributed by atoms with Gasteiger partial charge in [-0.25, -0.2) is 0 Å². The molecule has 0 N–H and O–H groups in total. The van der Waals surface area contributed by atoms with E-state index in [4.69, 9.17) is 14.5 Å². The summed E-state index contributed by atoms with van der Waals surface area (Å²) in [6, 6.07) is 6.19. The minimum absolute atomic E-state index is 0.507. The lowest BCUT2D eigenvalue weighted by Gasteiger charge is -2.27. The number of pyridine rings is 1. The van der Waals surface area contributed by atoms with Crippen LogP contribution in [0, 0.1) is 3.57 Å². The zero-order valence-corrected chi connectivity index (χ0v) is 17.3. The number of allylic oxidation sites excluding steroid dienone is 1. The summed E-state index contributed by atoms with van der Waals surface area (Å²) in [7, 11) is 0. The molecule has 0 bridgehead atoms. The van der Waals surface area contributed by atoms with Crippen molar-refractivity contribution in [2.24, 2.45) is 4.99 Å². The van der Waals surface area contributed by atoms with E-state index < -0.39 is 0 Å². The maximum absolute atomic E-state index is 6.21. The van der Waals surface area contributed by atoms with Crippen LogP contribution in [-0.4, -0.2) is 36.2 Å². The molecule has 1 saturated heterocycles. The molecule has 0 amide bonds. The summed E-state index contributed by atoms with van der Waals surface area (Å²) in [6.07, 6.45) is 10.7. The summed E-state index contributed by atoms with van der Waals surface area (Å²) >= 11 is 2.36. The standard InChI is InChI=1S/C21H22IN3O2/c22-19-13-17(14-25-9-11-26-12-10-25)18-3-1-2-6-24-20(18)21(19)27-15-16-4-7-23-8-5-16/h2-8,13H,1,9-12,14-15H2. The van der Waals surface area contributed by atoms with E-state index in [-0.39, 0.29) is 0 Å². The van der Waals surface area contributed by atoms with Gasteiger partial charge < -0.3 is 9.47 Å². The number of nitrogens with zero attached hydrogens (tertiary/aromatic N) is 3. The van der Waals surface area contributed by atoms with Gasteiger partial charge in [0.2, 0.25) is 0 Å². The van der Waals surface area contributed by atoms with E-state index in [0.717, 1.165) is 59.5 Å². The molecule has 0 unspecified atom stereocenters. The van der Waals surface area contributed by atoms with Gasteiger partial charge in [0.25, 0.3) is 0 Å². The van der Waals surface area contributed by atoms with Crippen LogP contribution in [0.2, 0.25) is 0 Å². The SMILES string of the molecule is Ic1cc(CN2CCOCC2)c2c(c1OCc1ccncc1)=NC=CCC=2. The monoisotopic (exact) mass is 475 g/mol. The smallest absolute Gasteiger partial charge is 0.159 e. The number of hydrogen-bond donors (Lipinski definition) is 0. The third-order valence-electron chi connectivity index (χ3n) is 4.73. The highest BCUT2D eigenvalue weighted by molar-refractivity contribution is 14.1. The summed E-state index contributed by atoms with van der Waals surface area (Å²) in [5.74, 6) is 0.857. The third kappa shape index (κ3) is 4.56. The van der Waals surface area contributed by atoms with E-state index in [1.165, 1.54) is 10.8 Å². The highest BCUT2D eigenvalue weighted by atomic mass is 127. The molecule has 2 aromatic rings. The van der Waals surface area contributed by atoms with Crippen LogP contribution >= 0.6 is 22.6 Å². The predicted octanol–water partition coefficient (Wildman–Crippen LogP) is 2.41. The van der Waals surface area contributed by atoms with Gasteiger partial charge >= 0.3 is 0 Å². The molecule has 0 saturated carbocycles. The maximum atomic E-state index is 6.21. The molecule has 6 heteroatoms. The fraction of sp³-hybridized carbons (Fsp3) is 0.333. The largest absolute Gasteiger partial charge is 0.485 e. The number of halogens is 1. The molecule has 140 valence electrons. The topological polar surface area (TPSA) is 47.0 Å². The van der Waals surface area contributed by atoms with Crippen molar-refractivity contribution in [2.45, 2.75) is 19.6 Å². The fourth-order valence-electron chi connectivity index (χ4n) is 3.32. The molecule has 2 aliphatic rings. The lowest BCUT2D eigenvalue weighted by Crippen LogP contribution is -2.39. The van der Waals surface area contributed by atoms with Gasteiger partial charge in [-0.3, -0.25) is 14.9 Å². The minimum atomic E-state index is 0.507. The molecule has 1 aromatic heterocycles. The Kier molecular flexibility index (Phi) is 6.16. The van der Waals surface area contributed by atoms with Gasteiger partial charge in [0.1, 0.15) is 12.0 Å². The van der Waals surface area contributed by atoms with Gasteiger partial charge in [0, 0.05) is 43.4 Å². The normalized spacial score (nSPS) is 16.8. The maximum Gasteiger partial charge on any atom is 0.159 e. The van der Waals surface area contributed by atoms with E-state index in [9.17, 15) is 0 Å². The Bertz CT molecular complexity index is 938. The summed E-state index contributed by atoms with van der Waals surface area (Å²) < 4.78 is 12.8. The van der Waals surface area contributed by atoms with Gasteiger partial charge in [-0.2, -0.15) is 0 Å². The number of aromatic nitrogens is 1. The highest BCUT2D eigenvalue weighted by Gasteiger charge is 2.16. The Labute approximate surface area is 172 Å². The van der Waals surface area contributed by atoms with E-state index in [2.05, 4.69) is 50.7 Å². The first-order valence-electron chi connectivity index (χ1n) is 9.17. The Morgan fingerprint density at radius 2 is 2.00 bits per heavy atom. The molecule has 4 rings (SSSR count). The first kappa shape index (κ1) is 18.6. The van der Waals surface area contributed by atoms with Gasteiger partial charge in [-0.1, -0.05) is 12.2 Å². The second-order valence-corrected chi connectivity index (χ2v) is 7.76. The van der Waals surface area contributed by atoms with E-state index >= 15 is 0 Å². The Morgan fingerprint density at radius 1 is 1.19 bits per heavy atom. The number of benzene rings is 1. The third-order valence-corrected chi connectivity index (χ3v) is 5.53. The van der Waals surface area contributed by atoms with Crippen LogP contribution in [0.15, 0.2) is 47.9 Å². The van der Waals surface area contributed by atoms with Crippen LogP contribution < -0.4 is 15.3 Å². The number of fused-ring (bicyclic) bond motifs is 1. The molecule has 0 aliphatic carbocycles. The molecule has 1 fully saturated rings. The van der Waals surface area contributed by atoms with Crippen molar-refractivity contribution in [1.82, 2.24) is 9.88 Å². The number of ether oxygens (including phenoxy) is 2. The zero-order valence-electron chi connectivity index (χ0n) is 15.1. The fourth-order valence-corrected chi connectivity index (χ4v) is 4.10. The molecule has 27 heavy (non-hydrogen) atoms. The van der Waals surface area contributed by atoms with Crippen LogP contribution in [0.4, 0.5) is 0 Å². The lowest BCUT2D eigenvalue weighted by atomic mass is 10.1. The molecule has 0 atom stereocenters. The molecule has 0 radical (unpaired) electrons. The van der Waals surface area contributed by atoms with Crippen molar-refractivity contribution < 1.29 is 9.47 Å². The summed E-state index contributed by atoms with van der Waals surface area (Å²) in [5, 5.41) is 2.13. The summed E-state index contributed by atoms with van der Waals surface area (Å²) in [5.41, 5.74) is 2.40. The van der Waals surface area contributed by atoms with Crippen molar-refractivity contribution >= 4 is 28.7 Å². The zero-order chi connectivity index (χ0) is 18.5. The first-order chi connectivity index (χ1) is 13.3. The van der Waals surface area contributed by atoms with E-state index in [1.54, 1.807) is 12.4 Å². The average molecular weight is 475 g/mol. The second-order valence-electron chi connectivity index (χ2n) is 6.60. The quantitative estimate of drug-likeness (QED) is 0.624. The Morgan fingerprint density at radius 3 is 2.81 bits per heavy atom. The molecule has 1 aromatic carbocycles. The van der Waals surface area contributed by atoms with Crippen LogP contribution in [0.1, 0.15) is 17.5 Å². The van der Waals surface area contributed by atoms with Crippen LogP contribution in [0.5, 0.6) is 5.75 Å². The first-order valence-corrected chi connectivity index (χ1v) is 10.3. The molecule has 5 nitrogen and oxygen atoms in total. The van der Waals surface area contributed by atoms with Crippen molar-refractivity contribution in [2.75, 3.05) is 26.3 Å². The summed E-state index contributed by atoms with van der Waals surface area (Å²) in [6.45, 7) is 4.98. The highest BCUT2D eigenvalue weighted by Crippen LogP contribution is 2.19. The second kappa shape index (κ2) is 8.95. The van der Waals surface area contributed by atoms with Crippen molar-refractivity contribution in [3.05, 3.63) is 68.1 Å². The molecular formula is C21H22IN3O2. The van der Waals surface area contributed by atoms with Crippen molar-refractivity contribution in [3.8, 4) is 5.75 Å². The van der Waals surface area contributed by atoms with Crippen LogP contribution in [0.3, 0.4) is 0 Å². The van der Waals surface area contributed by atoms with Crippen molar-refractivity contribution in [3.63, 3.8) is 0 Å². The Balaban J connectivity index is 1.68. The number of rotatable bonds is 5. The van der Waals surface area contributed by atoms with E-state index in [1.807, 2.05) is 18.3 Å². The molecule has 0 spiro atoms. The molecular weight excluding hydrogens is 453 g/mol. The average Bonchev–Trinajstić information content (AvgIpc) is 2.96. The summed E-state index contributed by atoms with van der Waals surface area (Å²) in [4.78, 5) is 11.2. The van der Waals surface area contributed by atoms with Crippen molar-refractivity contribution in [1.29, 1.82) is 0 Å². The van der Waals surface area contributed by atoms with Gasteiger partial charge in [-0.15, -0.1) is 0 Å². The van der Waals surface area contributed by atoms with Crippen LogP contribution in [-0.2, 0) is 17.9 Å². The molecule has 3 heterocycles. The Hall–Kier alpha value is -1.77. The number of morpholine rings is 1. The van der Waals surface area contributed by atoms with Crippen LogP contribution in [0.25, 0.3) is 6.08 Å². The number of hydrogen-bond acceptors (Lipinski definition) is 5. The minimum Gasteiger partial charge on any atom is -0.485 e. The van der Waals surface area contributed by atoms with Gasteiger partial charge in [0.15, 0.2) is 5.75 Å². The molecule has 2 aliphatic heterocycles. The van der Waals surface area contributed by atoms with Gasteiger partial charge in [-0.05, 0) is 58.3 Å². The predicted molar refractivity (Wildman–Crippen MR) is 113 cm³/mol. The van der Waals surface area contributed by atoms with Gasteiger partial charge in [0.05, 0.1) is 16.8 Å². The lowest BCUT2D eigenvalue weighted by molar-refractivity contribution is 0.0340.